The summed E-state index contributed by atoms with van der Waals surface area (Å²) in [5, 5.41) is 19.6. The Kier molecular flexibility index (Phi) is 42.3. The third-order valence-electron chi connectivity index (χ3n) is 14.2. The van der Waals surface area contributed by atoms with Crippen LogP contribution in [0.4, 0.5) is 0 Å². The Labute approximate surface area is 360 Å². The molecule has 0 heterocycles. The fourth-order valence-corrected chi connectivity index (χ4v) is 10.6. The average molecular weight is 805 g/mol. The molecular formula is C54H108O3. The molecule has 2 N–H and O–H groups in total. The van der Waals surface area contributed by atoms with Crippen LogP contribution in [0, 0.1) is 23.7 Å². The molecule has 0 radical (unpaired) electrons. The summed E-state index contributed by atoms with van der Waals surface area (Å²) in [6.07, 6.45) is 59.0. The van der Waals surface area contributed by atoms with E-state index in [9.17, 15) is 10.2 Å². The molecule has 0 aromatic heterocycles. The zero-order chi connectivity index (χ0) is 41.1. The molecule has 0 aromatic rings. The van der Waals surface area contributed by atoms with Crippen LogP contribution in [0.2, 0.25) is 0 Å². The minimum atomic E-state index is -0.273. The Morgan fingerprint density at radius 3 is 1.09 bits per heavy atom. The van der Waals surface area contributed by atoms with Gasteiger partial charge in [-0.05, 0) is 68.6 Å². The number of ether oxygens (including phenoxy) is 1. The van der Waals surface area contributed by atoms with Crippen molar-refractivity contribution in [3.8, 4) is 0 Å². The van der Waals surface area contributed by atoms with E-state index in [2.05, 4.69) is 20.8 Å². The minimum absolute atomic E-state index is 0.273. The number of aliphatic hydroxyl groups excluding tert-OH is 2. The molecule has 1 aliphatic carbocycles. The molecule has 0 saturated heterocycles. The first kappa shape index (κ1) is 54.9. The van der Waals surface area contributed by atoms with Crippen molar-refractivity contribution in [3.63, 3.8) is 0 Å². The molecule has 3 heteroatoms. The van der Waals surface area contributed by atoms with Gasteiger partial charge < -0.3 is 14.9 Å². The number of aliphatic hydroxyl groups is 2. The quantitative estimate of drug-likeness (QED) is 0.0603. The highest BCUT2D eigenvalue weighted by atomic mass is 16.5. The van der Waals surface area contributed by atoms with Crippen LogP contribution in [0.5, 0.6) is 0 Å². The van der Waals surface area contributed by atoms with Crippen LogP contribution in [0.15, 0.2) is 0 Å². The van der Waals surface area contributed by atoms with E-state index in [0.29, 0.717) is 13.2 Å². The molecule has 5 atom stereocenters. The molecule has 3 nitrogen and oxygen atoms in total. The molecule has 0 aromatic carbocycles. The smallest absolute Gasteiger partial charge is 0.0773 e. The zero-order valence-corrected chi connectivity index (χ0v) is 39.7. The van der Waals surface area contributed by atoms with E-state index in [1.165, 1.54) is 250 Å². The van der Waals surface area contributed by atoms with Gasteiger partial charge in [0.05, 0.1) is 12.7 Å². The maximum Gasteiger partial charge on any atom is 0.0773 e. The second kappa shape index (κ2) is 44.0. The Morgan fingerprint density at radius 1 is 0.386 bits per heavy atom. The van der Waals surface area contributed by atoms with E-state index in [1.807, 2.05) is 0 Å². The summed E-state index contributed by atoms with van der Waals surface area (Å²) in [5.74, 6) is 3.93. The lowest BCUT2D eigenvalue weighted by Gasteiger charge is -2.44. The first-order valence-electron chi connectivity index (χ1n) is 27.0. The summed E-state index contributed by atoms with van der Waals surface area (Å²) >= 11 is 0. The predicted octanol–water partition coefficient (Wildman–Crippen LogP) is 17.7. The highest BCUT2D eigenvalue weighted by molar-refractivity contribution is 4.88. The molecule has 0 spiro atoms. The van der Waals surface area contributed by atoms with Crippen LogP contribution >= 0.6 is 0 Å². The summed E-state index contributed by atoms with van der Waals surface area (Å²) < 4.78 is 5.89. The number of hydrogen-bond donors (Lipinski definition) is 2. The lowest BCUT2D eigenvalue weighted by Crippen LogP contribution is -2.35. The third-order valence-corrected chi connectivity index (χ3v) is 14.2. The van der Waals surface area contributed by atoms with Crippen LogP contribution in [-0.2, 0) is 4.74 Å². The molecular weight excluding hydrogens is 697 g/mol. The van der Waals surface area contributed by atoms with E-state index in [1.54, 1.807) is 0 Å². The fourth-order valence-electron chi connectivity index (χ4n) is 10.6. The van der Waals surface area contributed by atoms with Crippen molar-refractivity contribution in [2.24, 2.45) is 23.7 Å². The Morgan fingerprint density at radius 2 is 0.702 bits per heavy atom. The molecule has 1 rings (SSSR count). The SMILES string of the molecule is CCCCCCCCCCCCCCCCC(O)COCCCCCCCCCC1C(CCCCCCCO)CCC(CCCCCCC)C1CCCCCCC. The van der Waals surface area contributed by atoms with Crippen LogP contribution < -0.4 is 0 Å². The molecule has 1 aliphatic rings. The molecule has 0 amide bonds. The van der Waals surface area contributed by atoms with E-state index in [0.717, 1.165) is 56.0 Å². The number of hydrogen-bond acceptors (Lipinski definition) is 3. The van der Waals surface area contributed by atoms with Crippen molar-refractivity contribution in [2.75, 3.05) is 19.8 Å². The van der Waals surface area contributed by atoms with Gasteiger partial charge in [-0.25, -0.2) is 0 Å². The van der Waals surface area contributed by atoms with E-state index in [-0.39, 0.29) is 6.10 Å². The van der Waals surface area contributed by atoms with Crippen molar-refractivity contribution < 1.29 is 14.9 Å². The van der Waals surface area contributed by atoms with Crippen LogP contribution in [0.1, 0.15) is 297 Å². The normalized spacial score (nSPS) is 19.1. The van der Waals surface area contributed by atoms with Crippen LogP contribution in [0.25, 0.3) is 0 Å². The molecule has 0 bridgehead atoms. The van der Waals surface area contributed by atoms with Crippen molar-refractivity contribution in [3.05, 3.63) is 0 Å². The maximum absolute atomic E-state index is 10.4. The van der Waals surface area contributed by atoms with Crippen molar-refractivity contribution >= 4 is 0 Å². The molecule has 0 aliphatic heterocycles. The average Bonchev–Trinajstić information content (AvgIpc) is 3.22. The maximum atomic E-state index is 10.4. The van der Waals surface area contributed by atoms with E-state index >= 15 is 0 Å². The molecule has 1 saturated carbocycles. The van der Waals surface area contributed by atoms with E-state index in [4.69, 9.17) is 4.74 Å². The standard InChI is InChI=1S/C54H108O3/c1-4-7-10-13-14-15-16-17-18-19-20-22-29-35-42-52(56)49-57-48-39-32-24-21-23-30-37-44-54-51(41-34-28-25-31-38-47-55)46-45-50(40-33-26-11-8-5-2)53(54)43-36-27-12-9-6-3/h50-56H,4-49H2,1-3H3. The number of unbranched alkanes of at least 4 members (excludes halogenated alkanes) is 31. The third kappa shape index (κ3) is 34.2. The molecule has 57 heavy (non-hydrogen) atoms. The van der Waals surface area contributed by atoms with Gasteiger partial charge in [-0.2, -0.15) is 0 Å². The summed E-state index contributed by atoms with van der Waals surface area (Å²) in [6, 6.07) is 0. The van der Waals surface area contributed by atoms with Gasteiger partial charge in [0.15, 0.2) is 0 Å². The van der Waals surface area contributed by atoms with Gasteiger partial charge in [-0.1, -0.05) is 252 Å². The monoisotopic (exact) mass is 805 g/mol. The van der Waals surface area contributed by atoms with Crippen molar-refractivity contribution in [1.82, 2.24) is 0 Å². The summed E-state index contributed by atoms with van der Waals surface area (Å²) in [5.41, 5.74) is 0. The Hall–Kier alpha value is -0.120. The second-order valence-electron chi connectivity index (χ2n) is 19.5. The molecule has 5 unspecified atom stereocenters. The minimum Gasteiger partial charge on any atom is -0.396 e. The summed E-state index contributed by atoms with van der Waals surface area (Å²) in [7, 11) is 0. The summed E-state index contributed by atoms with van der Waals surface area (Å²) in [4.78, 5) is 0. The molecule has 342 valence electrons. The largest absolute Gasteiger partial charge is 0.396 e. The Balaban J connectivity index is 2.26. The first-order chi connectivity index (χ1) is 28.2. The van der Waals surface area contributed by atoms with Gasteiger partial charge >= 0.3 is 0 Å². The van der Waals surface area contributed by atoms with E-state index < -0.39 is 0 Å². The van der Waals surface area contributed by atoms with Crippen LogP contribution in [0.3, 0.4) is 0 Å². The lowest BCUT2D eigenvalue weighted by atomic mass is 9.61. The highest BCUT2D eigenvalue weighted by Gasteiger charge is 2.37. The highest BCUT2D eigenvalue weighted by Crippen LogP contribution is 2.48. The van der Waals surface area contributed by atoms with Gasteiger partial charge in [0.2, 0.25) is 0 Å². The topological polar surface area (TPSA) is 49.7 Å². The second-order valence-corrected chi connectivity index (χ2v) is 19.5. The first-order valence-corrected chi connectivity index (χ1v) is 27.0. The predicted molar refractivity (Wildman–Crippen MR) is 253 cm³/mol. The lowest BCUT2D eigenvalue weighted by molar-refractivity contribution is 0.0297. The summed E-state index contributed by atoms with van der Waals surface area (Å²) in [6.45, 7) is 8.71. The van der Waals surface area contributed by atoms with Crippen molar-refractivity contribution in [2.45, 2.75) is 303 Å². The molecule has 1 fully saturated rings. The zero-order valence-electron chi connectivity index (χ0n) is 39.7. The van der Waals surface area contributed by atoms with Crippen molar-refractivity contribution in [1.29, 1.82) is 0 Å². The van der Waals surface area contributed by atoms with Gasteiger partial charge in [0.1, 0.15) is 0 Å². The Bertz CT molecular complexity index is 755. The van der Waals surface area contributed by atoms with Gasteiger partial charge in [-0.15, -0.1) is 0 Å². The van der Waals surface area contributed by atoms with Gasteiger partial charge in [0, 0.05) is 13.2 Å². The number of rotatable bonds is 46. The van der Waals surface area contributed by atoms with Crippen LogP contribution in [-0.4, -0.2) is 36.1 Å². The van der Waals surface area contributed by atoms with Gasteiger partial charge in [-0.3, -0.25) is 0 Å². The fraction of sp³-hybridized carbons (Fsp3) is 1.00. The van der Waals surface area contributed by atoms with Gasteiger partial charge in [0.25, 0.3) is 0 Å².